The molecule has 0 radical (unpaired) electrons. The van der Waals surface area contributed by atoms with Crippen molar-refractivity contribution in [2.75, 3.05) is 36.4 Å². The molecule has 1 aliphatic carbocycles. The van der Waals surface area contributed by atoms with Gasteiger partial charge in [0.05, 0.1) is 5.56 Å². The Morgan fingerprint density at radius 3 is 2.15 bits per heavy atom. The number of alkyl halides is 3. The fourth-order valence-electron chi connectivity index (χ4n) is 5.64. The highest BCUT2D eigenvalue weighted by atomic mass is 19.4. The molecule has 0 aromatic heterocycles. The highest BCUT2D eigenvalue weighted by Crippen LogP contribution is 2.38. The average Bonchev–Trinajstić information content (AvgIpc) is 2.91. The normalized spacial score (nSPS) is 20.6. The molecule has 6 nitrogen and oxygen atoms in total. The number of carbonyl (C=O) groups excluding carboxylic acids is 1. The predicted molar refractivity (Wildman–Crippen MR) is 149 cm³/mol. The smallest absolute Gasteiger partial charge is 0.382 e. The summed E-state index contributed by atoms with van der Waals surface area (Å²) in [5.41, 5.74) is 1.37. The van der Waals surface area contributed by atoms with Gasteiger partial charge in [0.25, 0.3) is 0 Å². The van der Waals surface area contributed by atoms with E-state index in [9.17, 15) is 22.9 Å². The van der Waals surface area contributed by atoms with Crippen LogP contribution >= 0.6 is 0 Å². The maximum Gasteiger partial charge on any atom is 0.418 e. The molecule has 1 heterocycles. The zero-order valence-corrected chi connectivity index (χ0v) is 23.1. The lowest BCUT2D eigenvalue weighted by molar-refractivity contribution is -0.137. The minimum absolute atomic E-state index is 0.0682. The largest absolute Gasteiger partial charge is 0.418 e. The van der Waals surface area contributed by atoms with Crippen LogP contribution in [0.5, 0.6) is 0 Å². The molecule has 4 rings (SSSR count). The van der Waals surface area contributed by atoms with Gasteiger partial charge >= 0.3 is 6.18 Å². The number of nitrogens with zero attached hydrogens (tertiary/aromatic N) is 3. The molecule has 0 bridgehead atoms. The molecular weight excluding hydrogens is 505 g/mol. The number of piperazine rings is 1. The molecule has 1 amide bonds. The van der Waals surface area contributed by atoms with Gasteiger partial charge in [0, 0.05) is 50.0 Å². The third-order valence-electron chi connectivity index (χ3n) is 8.12. The minimum Gasteiger partial charge on any atom is -0.382 e. The molecule has 2 aromatic carbocycles. The van der Waals surface area contributed by atoms with Crippen LogP contribution in [0.25, 0.3) is 0 Å². The molecule has 39 heavy (non-hydrogen) atoms. The Kier molecular flexibility index (Phi) is 8.86. The van der Waals surface area contributed by atoms with Crippen molar-refractivity contribution in [3.8, 4) is 0 Å². The van der Waals surface area contributed by atoms with Crippen LogP contribution in [0.1, 0.15) is 70.4 Å². The molecule has 2 fully saturated rings. The fraction of sp³-hybridized carbons (Fsp3) is 0.567. The maximum absolute atomic E-state index is 13.2. The van der Waals surface area contributed by atoms with E-state index in [1.165, 1.54) is 17.3 Å². The van der Waals surface area contributed by atoms with E-state index in [-0.39, 0.29) is 17.4 Å². The van der Waals surface area contributed by atoms with Crippen molar-refractivity contribution < 1.29 is 18.0 Å². The van der Waals surface area contributed by atoms with E-state index in [4.69, 9.17) is 0 Å². The SMILES string of the molecule is CC(C)(C)c1ccc(N2CCN(C(=O)CCC3CCC(Nc4ccc(N=O)c(C(F)(F)F)c4)CC3)CC2)cc1. The van der Waals surface area contributed by atoms with Gasteiger partial charge in [-0.3, -0.25) is 4.79 Å². The van der Waals surface area contributed by atoms with E-state index in [0.717, 1.165) is 70.4 Å². The van der Waals surface area contributed by atoms with Gasteiger partial charge in [-0.15, -0.1) is 4.91 Å². The van der Waals surface area contributed by atoms with E-state index in [0.29, 0.717) is 18.0 Å². The molecule has 0 atom stereocenters. The first-order valence-electron chi connectivity index (χ1n) is 13.9. The molecule has 1 N–H and O–H groups in total. The summed E-state index contributed by atoms with van der Waals surface area (Å²) in [5, 5.41) is 5.69. The average molecular weight is 545 g/mol. The number of amides is 1. The van der Waals surface area contributed by atoms with Crippen molar-refractivity contribution in [2.45, 2.75) is 76.9 Å². The second-order valence-electron chi connectivity index (χ2n) is 11.9. The molecule has 2 aliphatic rings. The Labute approximate surface area is 228 Å². The molecule has 0 unspecified atom stereocenters. The van der Waals surface area contributed by atoms with E-state index in [1.807, 2.05) is 4.90 Å². The van der Waals surface area contributed by atoms with Gasteiger partial charge in [0.15, 0.2) is 0 Å². The number of hydrogen-bond donors (Lipinski definition) is 1. The highest BCUT2D eigenvalue weighted by Gasteiger charge is 2.35. The number of rotatable bonds is 7. The van der Waals surface area contributed by atoms with Gasteiger partial charge in [0.1, 0.15) is 5.69 Å². The first-order valence-corrected chi connectivity index (χ1v) is 13.9. The summed E-state index contributed by atoms with van der Waals surface area (Å²) in [4.78, 5) is 27.9. The van der Waals surface area contributed by atoms with Crippen molar-refractivity contribution in [1.29, 1.82) is 0 Å². The zero-order valence-electron chi connectivity index (χ0n) is 23.1. The van der Waals surface area contributed by atoms with Crippen LogP contribution in [-0.4, -0.2) is 43.0 Å². The summed E-state index contributed by atoms with van der Waals surface area (Å²) in [6, 6.07) is 12.3. The van der Waals surface area contributed by atoms with Gasteiger partial charge < -0.3 is 15.1 Å². The monoisotopic (exact) mass is 544 g/mol. The lowest BCUT2D eigenvalue weighted by Gasteiger charge is -2.37. The Morgan fingerprint density at radius 1 is 0.949 bits per heavy atom. The molecule has 1 saturated heterocycles. The van der Waals surface area contributed by atoms with Crippen molar-refractivity contribution >= 4 is 23.0 Å². The van der Waals surface area contributed by atoms with E-state index in [1.54, 1.807) is 0 Å². The maximum atomic E-state index is 13.2. The quantitative estimate of drug-likeness (QED) is 0.367. The molecule has 212 valence electrons. The van der Waals surface area contributed by atoms with Crippen molar-refractivity contribution in [2.24, 2.45) is 11.1 Å². The van der Waals surface area contributed by atoms with Crippen LogP contribution < -0.4 is 10.2 Å². The summed E-state index contributed by atoms with van der Waals surface area (Å²) in [6.07, 6.45) is 0.291. The summed E-state index contributed by atoms with van der Waals surface area (Å²) >= 11 is 0. The number of benzene rings is 2. The highest BCUT2D eigenvalue weighted by molar-refractivity contribution is 5.76. The summed E-state index contributed by atoms with van der Waals surface area (Å²) in [6.45, 7) is 9.75. The van der Waals surface area contributed by atoms with Crippen molar-refractivity contribution in [3.63, 3.8) is 0 Å². The number of carbonyl (C=O) groups is 1. The van der Waals surface area contributed by atoms with Gasteiger partial charge in [0.2, 0.25) is 5.91 Å². The van der Waals surface area contributed by atoms with Crippen LogP contribution in [0.4, 0.5) is 30.2 Å². The summed E-state index contributed by atoms with van der Waals surface area (Å²) in [5.74, 6) is 0.656. The molecule has 1 saturated carbocycles. The Bertz CT molecular complexity index is 1130. The van der Waals surface area contributed by atoms with Crippen LogP contribution in [0.15, 0.2) is 47.6 Å². The molecule has 1 aliphatic heterocycles. The van der Waals surface area contributed by atoms with E-state index < -0.39 is 17.4 Å². The molecule has 2 aromatic rings. The summed E-state index contributed by atoms with van der Waals surface area (Å²) in [7, 11) is 0. The second-order valence-corrected chi connectivity index (χ2v) is 11.9. The Balaban J connectivity index is 1.18. The van der Waals surface area contributed by atoms with Crippen LogP contribution in [0.2, 0.25) is 0 Å². The Hall–Kier alpha value is -3.10. The van der Waals surface area contributed by atoms with Crippen LogP contribution in [0.3, 0.4) is 0 Å². The molecule has 9 heteroatoms. The predicted octanol–water partition coefficient (Wildman–Crippen LogP) is 7.50. The molecule has 0 spiro atoms. The molecular formula is C30H39F3N4O2. The van der Waals surface area contributed by atoms with E-state index in [2.05, 4.69) is 60.4 Å². The number of nitroso groups, excluding NO2 is 1. The van der Waals surface area contributed by atoms with Crippen LogP contribution in [0, 0.1) is 10.8 Å². The third kappa shape index (κ3) is 7.51. The fourth-order valence-corrected chi connectivity index (χ4v) is 5.64. The van der Waals surface area contributed by atoms with Crippen LogP contribution in [-0.2, 0) is 16.4 Å². The third-order valence-corrected chi connectivity index (χ3v) is 8.12. The lowest BCUT2D eigenvalue weighted by Crippen LogP contribution is -2.48. The van der Waals surface area contributed by atoms with Crippen molar-refractivity contribution in [1.82, 2.24) is 4.90 Å². The van der Waals surface area contributed by atoms with Gasteiger partial charge in [-0.25, -0.2) is 0 Å². The minimum atomic E-state index is -4.63. The van der Waals surface area contributed by atoms with E-state index >= 15 is 0 Å². The number of anilines is 2. The van der Waals surface area contributed by atoms with Gasteiger partial charge in [-0.2, -0.15) is 13.2 Å². The number of nitrogens with one attached hydrogen (secondary N) is 1. The second kappa shape index (κ2) is 12.0. The zero-order chi connectivity index (χ0) is 28.2. The van der Waals surface area contributed by atoms with Gasteiger partial charge in [-0.05, 0) is 84.5 Å². The topological polar surface area (TPSA) is 65.0 Å². The first kappa shape index (κ1) is 28.9. The number of halogens is 3. The standard InChI is InChI=1S/C30H39F3N4O2/c1-29(2,3)22-7-12-25(13-8-22)36-16-18-37(19-17-36)28(38)15-6-21-4-9-23(10-5-21)34-24-11-14-27(35-39)26(20-24)30(31,32)33/h7-8,11-14,20-21,23,34H,4-6,9-10,15-19H2,1-3H3. The summed E-state index contributed by atoms with van der Waals surface area (Å²) < 4.78 is 39.6. The first-order chi connectivity index (χ1) is 18.4. The Morgan fingerprint density at radius 2 is 1.59 bits per heavy atom. The van der Waals surface area contributed by atoms with Gasteiger partial charge in [-0.1, -0.05) is 32.9 Å². The number of hydrogen-bond acceptors (Lipinski definition) is 5. The lowest BCUT2D eigenvalue weighted by atomic mass is 9.83. The van der Waals surface area contributed by atoms with Crippen molar-refractivity contribution in [3.05, 3.63) is 58.5 Å².